The molecule has 3 aromatic rings. The molecule has 2 unspecified atom stereocenters. The van der Waals surface area contributed by atoms with Gasteiger partial charge in [0.05, 0.1) is 38.2 Å². The van der Waals surface area contributed by atoms with E-state index in [9.17, 15) is 0 Å². The number of aromatic nitrogens is 4. The number of hydrogen-bond donors (Lipinski definition) is 0. The molecular formula is C27H38N5O5P. The molecule has 0 aliphatic carbocycles. The van der Waals surface area contributed by atoms with E-state index in [2.05, 4.69) is 30.8 Å². The maximum Gasteiger partial charge on any atom is 0.397 e. The molecule has 2 aliphatic heterocycles. The Morgan fingerprint density at radius 3 is 2.82 bits per heavy atom. The van der Waals surface area contributed by atoms with Crippen LogP contribution in [0.3, 0.4) is 0 Å². The molecule has 3 atom stereocenters. The molecule has 0 bridgehead atoms. The monoisotopic (exact) mass is 543 g/mol. The maximum atomic E-state index is 6.45. The van der Waals surface area contributed by atoms with E-state index >= 15 is 0 Å². The molecular weight excluding hydrogens is 505 g/mol. The van der Waals surface area contributed by atoms with E-state index in [1.165, 1.54) is 0 Å². The Bertz CT molecular complexity index is 1200. The molecule has 0 radical (unpaired) electrons. The van der Waals surface area contributed by atoms with E-state index in [4.69, 9.17) is 33.0 Å². The molecule has 0 spiro atoms. The number of rotatable bonds is 10. The molecule has 2 saturated heterocycles. The minimum atomic E-state index is -1.58. The van der Waals surface area contributed by atoms with E-state index in [0.717, 1.165) is 60.5 Å². The van der Waals surface area contributed by atoms with Crippen molar-refractivity contribution in [2.75, 3.05) is 44.5 Å². The summed E-state index contributed by atoms with van der Waals surface area (Å²) < 4.78 is 32.0. The molecule has 2 aliphatic rings. The lowest BCUT2D eigenvalue weighted by molar-refractivity contribution is -0.0383. The van der Waals surface area contributed by atoms with Crippen LogP contribution >= 0.6 is 8.60 Å². The summed E-state index contributed by atoms with van der Waals surface area (Å²) in [6.07, 6.45) is 6.58. The number of ether oxygens (including phenoxy) is 2. The van der Waals surface area contributed by atoms with Gasteiger partial charge in [-0.2, -0.15) is 5.10 Å². The zero-order valence-electron chi connectivity index (χ0n) is 22.7. The molecule has 206 valence electrons. The zero-order chi connectivity index (χ0) is 26.5. The summed E-state index contributed by atoms with van der Waals surface area (Å²) in [5.74, 6) is 1.84. The van der Waals surface area contributed by atoms with Gasteiger partial charge in [-0.05, 0) is 51.2 Å². The first-order valence-corrected chi connectivity index (χ1v) is 14.7. The predicted molar refractivity (Wildman–Crippen MR) is 147 cm³/mol. The molecule has 0 aromatic carbocycles. The normalized spacial score (nSPS) is 21.2. The van der Waals surface area contributed by atoms with Gasteiger partial charge in [0, 0.05) is 37.0 Å². The van der Waals surface area contributed by atoms with Crippen LogP contribution in [0.4, 0.5) is 5.82 Å². The molecule has 2 fully saturated rings. The number of nitrogens with zero attached hydrogens (tertiary/aromatic N) is 5. The van der Waals surface area contributed by atoms with Crippen molar-refractivity contribution in [2.24, 2.45) is 5.92 Å². The first-order valence-electron chi connectivity index (χ1n) is 13.6. The van der Waals surface area contributed by atoms with Crippen molar-refractivity contribution in [1.82, 2.24) is 19.7 Å². The Morgan fingerprint density at radius 1 is 1.16 bits per heavy atom. The van der Waals surface area contributed by atoms with Crippen molar-refractivity contribution in [2.45, 2.75) is 59.2 Å². The Morgan fingerprint density at radius 2 is 2.05 bits per heavy atom. The lowest BCUT2D eigenvalue weighted by Gasteiger charge is -2.34. The molecule has 5 rings (SSSR count). The highest BCUT2D eigenvalue weighted by molar-refractivity contribution is 7.42. The number of morpholine rings is 1. The molecule has 10 nitrogen and oxygen atoms in total. The van der Waals surface area contributed by atoms with Crippen LogP contribution in [0.15, 0.2) is 30.6 Å². The van der Waals surface area contributed by atoms with Crippen molar-refractivity contribution in [3.8, 4) is 17.1 Å². The van der Waals surface area contributed by atoms with Gasteiger partial charge in [-0.3, -0.25) is 4.98 Å². The van der Waals surface area contributed by atoms with Gasteiger partial charge in [0.25, 0.3) is 0 Å². The van der Waals surface area contributed by atoms with E-state index in [0.29, 0.717) is 38.1 Å². The Hall–Kier alpha value is -2.36. The molecule has 0 saturated carbocycles. The largest absolute Gasteiger partial charge is 0.426 e. The van der Waals surface area contributed by atoms with Crippen molar-refractivity contribution in [3.63, 3.8) is 0 Å². The van der Waals surface area contributed by atoms with Crippen LogP contribution in [0.1, 0.15) is 53.2 Å². The van der Waals surface area contributed by atoms with Gasteiger partial charge in [0.1, 0.15) is 22.8 Å². The second-order valence-electron chi connectivity index (χ2n) is 10.1. The first-order chi connectivity index (χ1) is 18.5. The van der Waals surface area contributed by atoms with Crippen LogP contribution in [-0.2, 0) is 18.5 Å². The molecule has 0 amide bonds. The minimum Gasteiger partial charge on any atom is -0.426 e. The van der Waals surface area contributed by atoms with E-state index in [1.807, 2.05) is 29.8 Å². The van der Waals surface area contributed by atoms with E-state index < -0.39 is 8.60 Å². The number of hydrogen-bond acceptors (Lipinski definition) is 9. The fraction of sp³-hybridized carbons (Fsp3) is 0.593. The molecule has 5 heterocycles. The van der Waals surface area contributed by atoms with Gasteiger partial charge < -0.3 is 27.9 Å². The second kappa shape index (κ2) is 12.7. The fourth-order valence-corrected chi connectivity index (χ4v) is 5.84. The predicted octanol–water partition coefficient (Wildman–Crippen LogP) is 5.73. The van der Waals surface area contributed by atoms with Crippen molar-refractivity contribution < 1.29 is 23.0 Å². The third-order valence-corrected chi connectivity index (χ3v) is 7.77. The minimum absolute atomic E-state index is 0.112. The quantitative estimate of drug-likeness (QED) is 0.297. The van der Waals surface area contributed by atoms with Gasteiger partial charge in [0.2, 0.25) is 0 Å². The summed E-state index contributed by atoms with van der Waals surface area (Å²) in [6.45, 7) is 12.1. The number of anilines is 1. The van der Waals surface area contributed by atoms with Crippen LogP contribution in [0.2, 0.25) is 0 Å². The lowest BCUT2D eigenvalue weighted by atomic mass is 10.1. The summed E-state index contributed by atoms with van der Waals surface area (Å²) in [6, 6.07) is 6.08. The van der Waals surface area contributed by atoms with Gasteiger partial charge in [-0.1, -0.05) is 13.8 Å². The van der Waals surface area contributed by atoms with Crippen LogP contribution in [0.5, 0.6) is 5.75 Å². The summed E-state index contributed by atoms with van der Waals surface area (Å²) >= 11 is 0. The van der Waals surface area contributed by atoms with E-state index in [-0.39, 0.29) is 12.3 Å². The zero-order valence-corrected chi connectivity index (χ0v) is 23.6. The fourth-order valence-electron chi connectivity index (χ4n) is 4.72. The van der Waals surface area contributed by atoms with Gasteiger partial charge in [-0.15, -0.1) is 0 Å². The standard InChI is InChI=1S/C27H38N5O5P/c1-5-35-38(36-17-19(2)3)37-23-16-24(31-13-15-33-18-20(31)4)30-26-21(23)9-11-28-27(26)22-10-12-29-32(22)25-8-6-7-14-34-25/h9-12,16,19-20,25H,5-8,13-15,17-18H2,1-4H3/t20-,25?,38?/m1/s1. The van der Waals surface area contributed by atoms with Crippen LogP contribution in [-0.4, -0.2) is 65.4 Å². The summed E-state index contributed by atoms with van der Waals surface area (Å²) in [5.41, 5.74) is 2.36. The van der Waals surface area contributed by atoms with Crippen LogP contribution in [0.25, 0.3) is 22.3 Å². The lowest BCUT2D eigenvalue weighted by Crippen LogP contribution is -2.44. The average molecular weight is 544 g/mol. The van der Waals surface area contributed by atoms with Crippen molar-refractivity contribution >= 4 is 25.3 Å². The number of pyridine rings is 2. The maximum absolute atomic E-state index is 6.45. The van der Waals surface area contributed by atoms with Gasteiger partial charge in [0.15, 0.2) is 6.23 Å². The summed E-state index contributed by atoms with van der Waals surface area (Å²) in [5, 5.41) is 5.46. The smallest absolute Gasteiger partial charge is 0.397 e. The molecule has 0 N–H and O–H groups in total. The summed E-state index contributed by atoms with van der Waals surface area (Å²) in [4.78, 5) is 12.2. The molecule has 38 heavy (non-hydrogen) atoms. The Labute approximate surface area is 225 Å². The SMILES string of the molecule is CCOP(OCC(C)C)Oc1cc(N2CCOC[C@H]2C)nc2c(-c3ccnn3C3CCCCO3)nccc12. The second-order valence-corrected chi connectivity index (χ2v) is 11.2. The van der Waals surface area contributed by atoms with E-state index in [1.54, 1.807) is 12.4 Å². The third kappa shape index (κ3) is 6.10. The van der Waals surface area contributed by atoms with Crippen LogP contribution in [0, 0.1) is 5.92 Å². The Kier molecular flexibility index (Phi) is 9.07. The van der Waals surface area contributed by atoms with Gasteiger partial charge in [-0.25, -0.2) is 9.67 Å². The topological polar surface area (TPSA) is 93.0 Å². The third-order valence-electron chi connectivity index (χ3n) is 6.60. The summed E-state index contributed by atoms with van der Waals surface area (Å²) in [7, 11) is -1.58. The van der Waals surface area contributed by atoms with Crippen molar-refractivity contribution in [3.05, 3.63) is 30.6 Å². The number of fused-ring (bicyclic) bond motifs is 1. The Balaban J connectivity index is 1.60. The van der Waals surface area contributed by atoms with Gasteiger partial charge >= 0.3 is 8.60 Å². The highest BCUT2D eigenvalue weighted by Gasteiger charge is 2.27. The highest BCUT2D eigenvalue weighted by atomic mass is 31.2. The average Bonchev–Trinajstić information content (AvgIpc) is 3.42. The highest BCUT2D eigenvalue weighted by Crippen LogP contribution is 2.45. The van der Waals surface area contributed by atoms with Crippen LogP contribution < -0.4 is 9.42 Å². The molecule has 3 aromatic heterocycles. The van der Waals surface area contributed by atoms with Crippen molar-refractivity contribution in [1.29, 1.82) is 0 Å². The first kappa shape index (κ1) is 27.2. The molecule has 11 heteroatoms.